The molecular formula is C12H12ClN3O4S. The van der Waals surface area contributed by atoms with Crippen LogP contribution in [0.25, 0.3) is 0 Å². The quantitative estimate of drug-likeness (QED) is 0.835. The number of aromatic nitrogens is 2. The van der Waals surface area contributed by atoms with Crippen molar-refractivity contribution in [2.75, 3.05) is 11.8 Å². The molecule has 0 bridgehead atoms. The van der Waals surface area contributed by atoms with Gasteiger partial charge in [-0.1, -0.05) is 11.6 Å². The Morgan fingerprint density at radius 3 is 2.71 bits per heavy atom. The number of methoxy groups -OCH3 is 1. The van der Waals surface area contributed by atoms with Crippen LogP contribution in [-0.2, 0) is 14.8 Å². The number of ether oxygens (including phenoxy) is 1. The number of H-pyrrole nitrogens is 1. The molecule has 112 valence electrons. The maximum atomic E-state index is 12.2. The molecule has 0 unspecified atom stereocenters. The molecule has 0 atom stereocenters. The van der Waals surface area contributed by atoms with Gasteiger partial charge in [-0.05, 0) is 25.1 Å². The first-order valence-electron chi connectivity index (χ1n) is 5.76. The van der Waals surface area contributed by atoms with Crippen molar-refractivity contribution in [1.29, 1.82) is 0 Å². The summed E-state index contributed by atoms with van der Waals surface area (Å²) in [6.07, 6.45) is 1.18. The fourth-order valence-corrected chi connectivity index (χ4v) is 2.84. The van der Waals surface area contributed by atoms with Gasteiger partial charge in [0.2, 0.25) is 0 Å². The van der Waals surface area contributed by atoms with Crippen LogP contribution in [-0.4, -0.2) is 31.5 Å². The van der Waals surface area contributed by atoms with Crippen LogP contribution in [0.4, 0.5) is 5.69 Å². The van der Waals surface area contributed by atoms with Gasteiger partial charge in [0.05, 0.1) is 24.6 Å². The Morgan fingerprint density at radius 1 is 1.43 bits per heavy atom. The van der Waals surface area contributed by atoms with Crippen LogP contribution in [0.5, 0.6) is 0 Å². The monoisotopic (exact) mass is 329 g/mol. The summed E-state index contributed by atoms with van der Waals surface area (Å²) in [7, 11) is -2.71. The van der Waals surface area contributed by atoms with E-state index >= 15 is 0 Å². The normalized spacial score (nSPS) is 11.2. The number of imidazole rings is 1. The van der Waals surface area contributed by atoms with Crippen molar-refractivity contribution in [1.82, 2.24) is 9.97 Å². The largest absolute Gasteiger partial charge is 0.465 e. The van der Waals surface area contributed by atoms with Crippen LogP contribution >= 0.6 is 11.6 Å². The van der Waals surface area contributed by atoms with Gasteiger partial charge in [0.25, 0.3) is 10.0 Å². The van der Waals surface area contributed by atoms with Crippen LogP contribution in [0.2, 0.25) is 5.02 Å². The van der Waals surface area contributed by atoms with Gasteiger partial charge in [-0.2, -0.15) is 8.42 Å². The number of carbonyl (C=O) groups excluding carboxylic acids is 1. The molecule has 7 nitrogen and oxygen atoms in total. The van der Waals surface area contributed by atoms with E-state index < -0.39 is 16.0 Å². The number of halogens is 1. The van der Waals surface area contributed by atoms with Gasteiger partial charge >= 0.3 is 5.97 Å². The molecule has 9 heteroatoms. The molecule has 2 N–H and O–H groups in total. The maximum Gasteiger partial charge on any atom is 0.339 e. The number of hydrogen-bond donors (Lipinski definition) is 2. The first-order valence-corrected chi connectivity index (χ1v) is 7.62. The molecule has 0 saturated carbocycles. The number of nitrogens with one attached hydrogen (secondary N) is 2. The summed E-state index contributed by atoms with van der Waals surface area (Å²) in [4.78, 5) is 18.1. The molecule has 0 aliphatic carbocycles. The number of anilines is 1. The first-order chi connectivity index (χ1) is 9.83. The van der Waals surface area contributed by atoms with Gasteiger partial charge in [-0.3, -0.25) is 4.72 Å². The highest BCUT2D eigenvalue weighted by Crippen LogP contribution is 2.24. The molecule has 0 saturated heterocycles. The molecule has 2 aromatic rings. The van der Waals surface area contributed by atoms with E-state index in [0.717, 1.165) is 0 Å². The van der Waals surface area contributed by atoms with Crippen LogP contribution < -0.4 is 4.72 Å². The molecule has 0 aliphatic heterocycles. The summed E-state index contributed by atoms with van der Waals surface area (Å²) >= 11 is 5.84. The van der Waals surface area contributed by atoms with E-state index in [9.17, 15) is 13.2 Å². The van der Waals surface area contributed by atoms with Gasteiger partial charge in [-0.15, -0.1) is 0 Å². The molecule has 0 fully saturated rings. The SMILES string of the molecule is COC(=O)c1ccc(Cl)cc1NS(=O)(=O)c1cnc(C)[nH]1. The van der Waals surface area contributed by atoms with Gasteiger partial charge in [0.15, 0.2) is 5.03 Å². The lowest BCUT2D eigenvalue weighted by atomic mass is 10.2. The van der Waals surface area contributed by atoms with Crippen molar-refractivity contribution in [3.05, 3.63) is 40.8 Å². The minimum Gasteiger partial charge on any atom is -0.465 e. The van der Waals surface area contributed by atoms with Crippen LogP contribution in [0.3, 0.4) is 0 Å². The number of aryl methyl sites for hydroxylation is 1. The maximum absolute atomic E-state index is 12.2. The van der Waals surface area contributed by atoms with E-state index in [1.54, 1.807) is 6.92 Å². The first kappa shape index (κ1) is 15.3. The van der Waals surface area contributed by atoms with Crippen molar-refractivity contribution in [2.24, 2.45) is 0 Å². The summed E-state index contributed by atoms with van der Waals surface area (Å²) in [5.74, 6) is -0.222. The molecule has 1 aromatic heterocycles. The standard InChI is InChI=1S/C12H12ClN3O4S/c1-7-14-6-11(15-7)21(18,19)16-10-5-8(13)3-4-9(10)12(17)20-2/h3-6,16H,1-2H3,(H,14,15). The van der Waals surface area contributed by atoms with Crippen LogP contribution in [0, 0.1) is 6.92 Å². The number of carbonyl (C=O) groups is 1. The number of esters is 1. The Bertz CT molecular complexity index is 786. The topological polar surface area (TPSA) is 101 Å². The van der Waals surface area contributed by atoms with E-state index in [1.807, 2.05) is 0 Å². The molecular weight excluding hydrogens is 318 g/mol. The van der Waals surface area contributed by atoms with Crippen molar-refractivity contribution < 1.29 is 17.9 Å². The van der Waals surface area contributed by atoms with Crippen LogP contribution in [0.15, 0.2) is 29.4 Å². The molecule has 1 aromatic carbocycles. The van der Waals surface area contributed by atoms with Gasteiger partial charge in [-0.25, -0.2) is 9.78 Å². The lowest BCUT2D eigenvalue weighted by molar-refractivity contribution is 0.0602. The van der Waals surface area contributed by atoms with Crippen molar-refractivity contribution in [3.8, 4) is 0 Å². The second kappa shape index (κ2) is 5.74. The third-order valence-corrected chi connectivity index (χ3v) is 4.11. The minimum absolute atomic E-state index is 0.0293. The van der Waals surface area contributed by atoms with Crippen molar-refractivity contribution in [3.63, 3.8) is 0 Å². The Morgan fingerprint density at radius 2 is 2.14 bits per heavy atom. The molecule has 0 aliphatic rings. The lowest BCUT2D eigenvalue weighted by Gasteiger charge is -2.10. The highest BCUT2D eigenvalue weighted by atomic mass is 35.5. The van der Waals surface area contributed by atoms with E-state index in [2.05, 4.69) is 19.4 Å². The number of benzene rings is 1. The zero-order valence-corrected chi connectivity index (χ0v) is 12.7. The average Bonchev–Trinajstić information content (AvgIpc) is 2.85. The highest BCUT2D eigenvalue weighted by molar-refractivity contribution is 7.92. The molecule has 0 radical (unpaired) electrons. The summed E-state index contributed by atoms with van der Waals surface area (Å²) in [5.41, 5.74) is 0.0864. The molecule has 1 heterocycles. The zero-order valence-electron chi connectivity index (χ0n) is 11.2. The number of aromatic amines is 1. The van der Waals surface area contributed by atoms with E-state index in [1.165, 1.54) is 31.5 Å². The predicted molar refractivity (Wildman–Crippen MR) is 76.9 cm³/mol. The fourth-order valence-electron chi connectivity index (χ4n) is 1.62. The summed E-state index contributed by atoms with van der Waals surface area (Å²) in [6, 6.07) is 4.17. The second-order valence-electron chi connectivity index (χ2n) is 4.12. The molecule has 21 heavy (non-hydrogen) atoms. The number of nitrogens with zero attached hydrogens (tertiary/aromatic N) is 1. The van der Waals surface area contributed by atoms with Gasteiger partial charge in [0, 0.05) is 5.02 Å². The van der Waals surface area contributed by atoms with Crippen molar-refractivity contribution in [2.45, 2.75) is 11.9 Å². The van der Waals surface area contributed by atoms with Gasteiger partial charge in [0.1, 0.15) is 5.82 Å². The summed E-state index contributed by atoms with van der Waals surface area (Å²) in [6.45, 7) is 1.62. The average molecular weight is 330 g/mol. The molecule has 2 rings (SSSR count). The summed E-state index contributed by atoms with van der Waals surface area (Å²) < 4.78 is 31.3. The Labute approximate surface area is 126 Å². The van der Waals surface area contributed by atoms with Crippen molar-refractivity contribution >= 4 is 33.3 Å². The Hall–Kier alpha value is -2.06. The smallest absolute Gasteiger partial charge is 0.339 e. The Kier molecular flexibility index (Phi) is 4.19. The third-order valence-electron chi connectivity index (χ3n) is 2.60. The number of sulfonamides is 1. The molecule has 0 amide bonds. The van der Waals surface area contributed by atoms with E-state index in [0.29, 0.717) is 5.82 Å². The minimum atomic E-state index is -3.91. The number of hydrogen-bond acceptors (Lipinski definition) is 5. The van der Waals surface area contributed by atoms with Gasteiger partial charge < -0.3 is 9.72 Å². The second-order valence-corrected chi connectivity index (χ2v) is 6.21. The van der Waals surface area contributed by atoms with E-state index in [4.69, 9.17) is 11.6 Å². The fraction of sp³-hybridized carbons (Fsp3) is 0.167. The zero-order chi connectivity index (χ0) is 15.6. The summed E-state index contributed by atoms with van der Waals surface area (Å²) in [5, 5.41) is 0.164. The lowest BCUT2D eigenvalue weighted by Crippen LogP contribution is -2.16. The highest BCUT2D eigenvalue weighted by Gasteiger charge is 2.21. The Balaban J connectivity index is 2.43. The van der Waals surface area contributed by atoms with Crippen LogP contribution in [0.1, 0.15) is 16.2 Å². The van der Waals surface area contributed by atoms with E-state index in [-0.39, 0.29) is 21.3 Å². The molecule has 0 spiro atoms. The third kappa shape index (κ3) is 3.34. The predicted octanol–water partition coefficient (Wildman–Crippen LogP) is 1.96. The number of rotatable bonds is 4.